The lowest BCUT2D eigenvalue weighted by Crippen LogP contribution is -2.17. The molecule has 138 valence electrons. The molecule has 6 nitrogen and oxygen atoms in total. The van der Waals surface area contributed by atoms with Gasteiger partial charge in [-0.3, -0.25) is 4.79 Å². The average molecular weight is 377 g/mol. The van der Waals surface area contributed by atoms with E-state index >= 15 is 0 Å². The Labute approximate surface area is 157 Å². The van der Waals surface area contributed by atoms with E-state index in [2.05, 4.69) is 10.5 Å². The first-order chi connectivity index (χ1) is 12.6. The summed E-state index contributed by atoms with van der Waals surface area (Å²) in [7, 11) is 3.04. The summed E-state index contributed by atoms with van der Waals surface area (Å²) in [6.07, 6.45) is 2.37. The van der Waals surface area contributed by atoms with Crippen LogP contribution >= 0.6 is 11.6 Å². The number of hydrazone groups is 1. The number of nitrogens with zero attached hydrogens (tertiary/aromatic N) is 1. The molecule has 0 fully saturated rings. The standard InChI is InChI=1S/C19H21ClN2O4/c1-4-7-26-18-6-5-15(20)8-14(18)12-21-22-19(23)13-9-16(24-2)11-17(10-13)25-3/h5-6,8-12H,4,7H2,1-3H3,(H,22,23)/b21-12-. The van der Waals surface area contributed by atoms with E-state index in [1.165, 1.54) is 20.4 Å². The number of hydrogen-bond donors (Lipinski definition) is 1. The highest BCUT2D eigenvalue weighted by atomic mass is 35.5. The van der Waals surface area contributed by atoms with Crippen LogP contribution in [0.2, 0.25) is 5.02 Å². The number of carbonyl (C=O) groups excluding carboxylic acids is 1. The summed E-state index contributed by atoms with van der Waals surface area (Å²) in [6, 6.07) is 10.1. The van der Waals surface area contributed by atoms with E-state index in [-0.39, 0.29) is 0 Å². The fourth-order valence-electron chi connectivity index (χ4n) is 2.13. The molecule has 0 saturated heterocycles. The minimum absolute atomic E-state index is 0.368. The molecule has 0 spiro atoms. The topological polar surface area (TPSA) is 69.2 Å². The molecule has 0 radical (unpaired) electrons. The van der Waals surface area contributed by atoms with Gasteiger partial charge in [0.15, 0.2) is 0 Å². The molecule has 1 N–H and O–H groups in total. The molecule has 0 aliphatic heterocycles. The molecular weight excluding hydrogens is 356 g/mol. The summed E-state index contributed by atoms with van der Waals surface area (Å²) in [5.74, 6) is 1.29. The van der Waals surface area contributed by atoms with Gasteiger partial charge in [-0.25, -0.2) is 5.43 Å². The molecule has 0 aliphatic rings. The number of carbonyl (C=O) groups is 1. The maximum absolute atomic E-state index is 12.3. The van der Waals surface area contributed by atoms with Crippen LogP contribution in [0.5, 0.6) is 17.2 Å². The van der Waals surface area contributed by atoms with Gasteiger partial charge >= 0.3 is 0 Å². The van der Waals surface area contributed by atoms with Crippen molar-refractivity contribution in [3.05, 3.63) is 52.5 Å². The third kappa shape index (κ3) is 5.39. The zero-order chi connectivity index (χ0) is 18.9. The van der Waals surface area contributed by atoms with Crippen molar-refractivity contribution in [2.45, 2.75) is 13.3 Å². The first-order valence-corrected chi connectivity index (χ1v) is 8.44. The predicted octanol–water partition coefficient (Wildman–Crippen LogP) is 3.91. The van der Waals surface area contributed by atoms with Crippen molar-refractivity contribution in [1.82, 2.24) is 5.43 Å². The van der Waals surface area contributed by atoms with E-state index in [1.807, 2.05) is 6.92 Å². The first-order valence-electron chi connectivity index (χ1n) is 8.06. The SMILES string of the molecule is CCCOc1ccc(Cl)cc1/C=N\NC(=O)c1cc(OC)cc(OC)c1. The van der Waals surface area contributed by atoms with E-state index in [1.54, 1.807) is 36.4 Å². The molecule has 2 aromatic carbocycles. The quantitative estimate of drug-likeness (QED) is 0.560. The van der Waals surface area contributed by atoms with Gasteiger partial charge in [0.05, 0.1) is 27.0 Å². The Morgan fingerprint density at radius 3 is 2.46 bits per heavy atom. The lowest BCUT2D eigenvalue weighted by atomic mass is 10.2. The van der Waals surface area contributed by atoms with E-state index in [0.29, 0.717) is 40.0 Å². The smallest absolute Gasteiger partial charge is 0.271 e. The molecule has 0 aromatic heterocycles. The molecule has 0 aliphatic carbocycles. The fraction of sp³-hybridized carbons (Fsp3) is 0.263. The summed E-state index contributed by atoms with van der Waals surface area (Å²) in [5, 5.41) is 4.55. The monoisotopic (exact) mass is 376 g/mol. The molecule has 0 heterocycles. The minimum Gasteiger partial charge on any atom is -0.497 e. The number of halogens is 1. The Bertz CT molecular complexity index is 771. The number of hydrogen-bond acceptors (Lipinski definition) is 5. The number of amides is 1. The average Bonchev–Trinajstić information content (AvgIpc) is 2.66. The van der Waals surface area contributed by atoms with E-state index in [9.17, 15) is 4.79 Å². The summed E-state index contributed by atoms with van der Waals surface area (Å²) >= 11 is 6.02. The van der Waals surface area contributed by atoms with Crippen LogP contribution in [0, 0.1) is 0 Å². The fourth-order valence-corrected chi connectivity index (χ4v) is 2.31. The number of nitrogens with one attached hydrogen (secondary N) is 1. The van der Waals surface area contributed by atoms with Crippen LogP contribution in [-0.2, 0) is 0 Å². The van der Waals surface area contributed by atoms with Gasteiger partial charge in [-0.1, -0.05) is 18.5 Å². The third-order valence-corrected chi connectivity index (χ3v) is 3.65. The predicted molar refractivity (Wildman–Crippen MR) is 102 cm³/mol. The molecule has 0 saturated carbocycles. The van der Waals surface area contributed by atoms with Gasteiger partial charge in [0.2, 0.25) is 0 Å². The van der Waals surface area contributed by atoms with Crippen LogP contribution in [0.15, 0.2) is 41.5 Å². The molecule has 0 atom stereocenters. The summed E-state index contributed by atoms with van der Waals surface area (Å²) in [6.45, 7) is 2.60. The van der Waals surface area contributed by atoms with Crippen LogP contribution in [0.4, 0.5) is 0 Å². The highest BCUT2D eigenvalue weighted by Crippen LogP contribution is 2.23. The Morgan fingerprint density at radius 2 is 1.85 bits per heavy atom. The molecule has 7 heteroatoms. The number of ether oxygens (including phenoxy) is 3. The highest BCUT2D eigenvalue weighted by Gasteiger charge is 2.09. The van der Waals surface area contributed by atoms with Gasteiger partial charge in [0, 0.05) is 22.2 Å². The van der Waals surface area contributed by atoms with Crippen molar-refractivity contribution >= 4 is 23.7 Å². The van der Waals surface area contributed by atoms with Crippen LogP contribution in [0.3, 0.4) is 0 Å². The van der Waals surface area contributed by atoms with Crippen LogP contribution in [-0.4, -0.2) is 32.9 Å². The van der Waals surface area contributed by atoms with Crippen LogP contribution < -0.4 is 19.6 Å². The zero-order valence-electron chi connectivity index (χ0n) is 14.9. The molecule has 2 rings (SSSR count). The molecule has 0 unspecified atom stereocenters. The van der Waals surface area contributed by atoms with E-state index < -0.39 is 5.91 Å². The second-order valence-corrected chi connectivity index (χ2v) is 5.77. The van der Waals surface area contributed by atoms with Crippen LogP contribution in [0.25, 0.3) is 0 Å². The maximum atomic E-state index is 12.3. The first kappa shape index (κ1) is 19.6. The van der Waals surface area contributed by atoms with E-state index in [4.69, 9.17) is 25.8 Å². The Kier molecular flexibility index (Phi) is 7.29. The highest BCUT2D eigenvalue weighted by molar-refractivity contribution is 6.30. The van der Waals surface area contributed by atoms with Gasteiger partial charge in [-0.15, -0.1) is 0 Å². The van der Waals surface area contributed by atoms with Crippen molar-refractivity contribution in [3.8, 4) is 17.2 Å². The molecule has 26 heavy (non-hydrogen) atoms. The molecular formula is C19H21ClN2O4. The second kappa shape index (κ2) is 9.68. The number of methoxy groups -OCH3 is 2. The summed E-state index contributed by atoms with van der Waals surface area (Å²) in [4.78, 5) is 12.3. The van der Waals surface area contributed by atoms with Crippen molar-refractivity contribution in [3.63, 3.8) is 0 Å². The Balaban J connectivity index is 2.13. The third-order valence-electron chi connectivity index (χ3n) is 3.42. The van der Waals surface area contributed by atoms with Gasteiger partial charge in [-0.05, 0) is 36.8 Å². The van der Waals surface area contributed by atoms with Crippen molar-refractivity contribution in [2.24, 2.45) is 5.10 Å². The summed E-state index contributed by atoms with van der Waals surface area (Å²) in [5.41, 5.74) is 3.52. The van der Waals surface area contributed by atoms with Gasteiger partial charge in [0.1, 0.15) is 17.2 Å². The van der Waals surface area contributed by atoms with Crippen molar-refractivity contribution < 1.29 is 19.0 Å². The lowest BCUT2D eigenvalue weighted by molar-refractivity contribution is 0.0954. The van der Waals surface area contributed by atoms with Crippen molar-refractivity contribution in [2.75, 3.05) is 20.8 Å². The van der Waals surface area contributed by atoms with Gasteiger partial charge in [-0.2, -0.15) is 5.10 Å². The largest absolute Gasteiger partial charge is 0.497 e. The Morgan fingerprint density at radius 1 is 1.15 bits per heavy atom. The second-order valence-electron chi connectivity index (χ2n) is 5.33. The van der Waals surface area contributed by atoms with Crippen molar-refractivity contribution in [1.29, 1.82) is 0 Å². The Hall–Kier alpha value is -2.73. The lowest BCUT2D eigenvalue weighted by Gasteiger charge is -2.09. The molecule has 1 amide bonds. The zero-order valence-corrected chi connectivity index (χ0v) is 15.7. The van der Waals surface area contributed by atoms with Crippen LogP contribution in [0.1, 0.15) is 29.3 Å². The number of rotatable bonds is 8. The maximum Gasteiger partial charge on any atom is 0.271 e. The number of benzene rings is 2. The minimum atomic E-state index is -0.392. The van der Waals surface area contributed by atoms with Gasteiger partial charge < -0.3 is 14.2 Å². The molecule has 0 bridgehead atoms. The normalized spacial score (nSPS) is 10.6. The molecule has 2 aromatic rings. The van der Waals surface area contributed by atoms with Gasteiger partial charge in [0.25, 0.3) is 5.91 Å². The summed E-state index contributed by atoms with van der Waals surface area (Å²) < 4.78 is 16.0. The van der Waals surface area contributed by atoms with E-state index in [0.717, 1.165) is 6.42 Å².